The predicted octanol–water partition coefficient (Wildman–Crippen LogP) is 1.45. The van der Waals surface area contributed by atoms with Crippen molar-refractivity contribution >= 4 is 0 Å². The van der Waals surface area contributed by atoms with Gasteiger partial charge in [-0.25, -0.2) is 0 Å². The number of rotatable bonds is 1. The Balaban J connectivity index is 1.82. The molecule has 0 radical (unpaired) electrons. The maximum atomic E-state index is 5.80. The first-order valence-corrected chi connectivity index (χ1v) is 5.66. The van der Waals surface area contributed by atoms with Crippen LogP contribution < -0.4 is 5.73 Å². The highest BCUT2D eigenvalue weighted by atomic mass is 15.2. The van der Waals surface area contributed by atoms with Gasteiger partial charge in [0.15, 0.2) is 0 Å². The zero-order chi connectivity index (χ0) is 9.42. The van der Waals surface area contributed by atoms with Gasteiger partial charge in [0, 0.05) is 25.2 Å². The molecule has 2 N–H and O–H groups in total. The van der Waals surface area contributed by atoms with Crippen LogP contribution in [-0.4, -0.2) is 30.1 Å². The molecule has 1 heterocycles. The second kappa shape index (κ2) is 3.58. The van der Waals surface area contributed by atoms with E-state index in [-0.39, 0.29) is 0 Å². The molecule has 13 heavy (non-hydrogen) atoms. The quantitative estimate of drug-likeness (QED) is 0.665. The smallest absolute Gasteiger partial charge is 0.0297 e. The molecule has 2 fully saturated rings. The molecule has 2 nitrogen and oxygen atoms in total. The maximum absolute atomic E-state index is 5.80. The fourth-order valence-corrected chi connectivity index (χ4v) is 2.70. The van der Waals surface area contributed by atoms with Crippen LogP contribution in [0, 0.1) is 11.8 Å². The first-order chi connectivity index (χ1) is 6.16. The van der Waals surface area contributed by atoms with Crippen molar-refractivity contribution in [3.63, 3.8) is 0 Å². The molecule has 0 aromatic carbocycles. The fourth-order valence-electron chi connectivity index (χ4n) is 2.70. The number of likely N-dealkylation sites (tertiary alicyclic amines) is 1. The molecule has 2 aliphatic rings. The molecule has 0 bridgehead atoms. The van der Waals surface area contributed by atoms with Crippen LogP contribution in [0.1, 0.15) is 33.1 Å². The van der Waals surface area contributed by atoms with Crippen molar-refractivity contribution < 1.29 is 0 Å². The van der Waals surface area contributed by atoms with Gasteiger partial charge >= 0.3 is 0 Å². The van der Waals surface area contributed by atoms with Gasteiger partial charge in [0.05, 0.1) is 0 Å². The summed E-state index contributed by atoms with van der Waals surface area (Å²) in [6, 6.07) is 1.32. The van der Waals surface area contributed by atoms with E-state index in [4.69, 9.17) is 5.73 Å². The normalized spacial score (nSPS) is 43.2. The second-order valence-corrected chi connectivity index (χ2v) is 5.14. The van der Waals surface area contributed by atoms with E-state index < -0.39 is 0 Å². The summed E-state index contributed by atoms with van der Waals surface area (Å²) >= 11 is 0. The monoisotopic (exact) mass is 182 g/mol. The van der Waals surface area contributed by atoms with Gasteiger partial charge < -0.3 is 5.73 Å². The molecule has 76 valence electrons. The average molecular weight is 182 g/mol. The molecule has 2 rings (SSSR count). The summed E-state index contributed by atoms with van der Waals surface area (Å²) in [5.41, 5.74) is 5.80. The minimum absolute atomic E-state index is 0.467. The Bertz CT molecular complexity index is 175. The Morgan fingerprint density at radius 3 is 2.31 bits per heavy atom. The Kier molecular flexibility index (Phi) is 2.61. The number of nitrogens with two attached hydrogens (primary N) is 1. The molecule has 1 saturated heterocycles. The molecule has 3 unspecified atom stereocenters. The molecule has 3 atom stereocenters. The van der Waals surface area contributed by atoms with Crippen LogP contribution in [0.25, 0.3) is 0 Å². The number of nitrogens with zero attached hydrogens (tertiary/aromatic N) is 1. The van der Waals surface area contributed by atoms with Gasteiger partial charge in [-0.3, -0.25) is 4.90 Å². The Morgan fingerprint density at radius 1 is 1.08 bits per heavy atom. The first-order valence-electron chi connectivity index (χ1n) is 5.66. The van der Waals surface area contributed by atoms with E-state index >= 15 is 0 Å². The molecule has 1 aliphatic heterocycles. The van der Waals surface area contributed by atoms with Crippen LogP contribution in [0.4, 0.5) is 0 Å². The lowest BCUT2D eigenvalue weighted by Gasteiger charge is -2.46. The summed E-state index contributed by atoms with van der Waals surface area (Å²) in [5, 5.41) is 0. The van der Waals surface area contributed by atoms with Gasteiger partial charge in [0.25, 0.3) is 0 Å². The summed E-state index contributed by atoms with van der Waals surface area (Å²) in [6.45, 7) is 7.08. The van der Waals surface area contributed by atoms with Crippen molar-refractivity contribution in [2.24, 2.45) is 17.6 Å². The van der Waals surface area contributed by atoms with Crippen LogP contribution in [0.2, 0.25) is 0 Å². The summed E-state index contributed by atoms with van der Waals surface area (Å²) in [5.74, 6) is 1.85. The Hall–Kier alpha value is -0.0800. The summed E-state index contributed by atoms with van der Waals surface area (Å²) in [4.78, 5) is 2.58. The molecular formula is C11H22N2. The average Bonchev–Trinajstić information content (AvgIpc) is 2.05. The number of hydrogen-bond acceptors (Lipinski definition) is 2. The lowest BCUT2D eigenvalue weighted by atomic mass is 9.78. The summed E-state index contributed by atoms with van der Waals surface area (Å²) in [7, 11) is 0. The Morgan fingerprint density at radius 2 is 1.77 bits per heavy atom. The molecular weight excluding hydrogens is 160 g/mol. The highest BCUT2D eigenvalue weighted by molar-refractivity contribution is 4.91. The molecule has 0 spiro atoms. The largest absolute Gasteiger partial charge is 0.325 e. The van der Waals surface area contributed by atoms with E-state index in [0.717, 1.165) is 31.0 Å². The molecule has 2 heteroatoms. The van der Waals surface area contributed by atoms with Crippen molar-refractivity contribution in [2.75, 3.05) is 13.1 Å². The zero-order valence-corrected chi connectivity index (χ0v) is 8.87. The molecule has 1 aliphatic carbocycles. The van der Waals surface area contributed by atoms with E-state index in [0.29, 0.717) is 6.04 Å². The van der Waals surface area contributed by atoms with Gasteiger partial charge in [-0.15, -0.1) is 0 Å². The minimum atomic E-state index is 0.467. The van der Waals surface area contributed by atoms with E-state index in [1.54, 1.807) is 0 Å². The molecule has 1 saturated carbocycles. The van der Waals surface area contributed by atoms with Crippen molar-refractivity contribution in [1.82, 2.24) is 4.90 Å². The lowest BCUT2D eigenvalue weighted by molar-refractivity contribution is 0.0458. The van der Waals surface area contributed by atoms with Crippen molar-refractivity contribution in [2.45, 2.75) is 45.2 Å². The molecule has 0 amide bonds. The standard InChI is InChI=1S/C11H22N2/c1-8-3-4-11(5-9(8)2)13-6-10(12)7-13/h8-11H,3-7,12H2,1-2H3. The van der Waals surface area contributed by atoms with Crippen LogP contribution in [0.5, 0.6) is 0 Å². The van der Waals surface area contributed by atoms with Crippen LogP contribution in [0.3, 0.4) is 0 Å². The highest BCUT2D eigenvalue weighted by Gasteiger charge is 2.34. The number of hydrogen-bond donors (Lipinski definition) is 1. The van der Waals surface area contributed by atoms with E-state index in [9.17, 15) is 0 Å². The molecule has 0 aromatic rings. The highest BCUT2D eigenvalue weighted by Crippen LogP contribution is 2.33. The van der Waals surface area contributed by atoms with E-state index in [2.05, 4.69) is 18.7 Å². The topological polar surface area (TPSA) is 29.3 Å². The van der Waals surface area contributed by atoms with Crippen LogP contribution in [-0.2, 0) is 0 Å². The SMILES string of the molecule is CC1CCC(N2CC(N)C2)CC1C. The fraction of sp³-hybridized carbons (Fsp3) is 1.00. The van der Waals surface area contributed by atoms with E-state index in [1.165, 1.54) is 19.3 Å². The predicted molar refractivity (Wildman–Crippen MR) is 55.5 cm³/mol. The second-order valence-electron chi connectivity index (χ2n) is 5.14. The van der Waals surface area contributed by atoms with Gasteiger partial charge in [-0.1, -0.05) is 13.8 Å². The van der Waals surface area contributed by atoms with E-state index in [1.807, 2.05) is 0 Å². The molecule has 0 aromatic heterocycles. The van der Waals surface area contributed by atoms with Gasteiger partial charge in [0.2, 0.25) is 0 Å². The maximum Gasteiger partial charge on any atom is 0.0297 e. The minimum Gasteiger partial charge on any atom is -0.325 e. The third-order valence-electron chi connectivity index (χ3n) is 4.02. The van der Waals surface area contributed by atoms with Crippen molar-refractivity contribution in [3.8, 4) is 0 Å². The van der Waals surface area contributed by atoms with Gasteiger partial charge in [-0.2, -0.15) is 0 Å². The summed E-state index contributed by atoms with van der Waals surface area (Å²) in [6.07, 6.45) is 4.21. The Labute approximate surface area is 81.5 Å². The summed E-state index contributed by atoms with van der Waals surface area (Å²) < 4.78 is 0. The van der Waals surface area contributed by atoms with Crippen molar-refractivity contribution in [3.05, 3.63) is 0 Å². The lowest BCUT2D eigenvalue weighted by Crippen LogP contribution is -2.60. The first kappa shape index (κ1) is 9.47. The van der Waals surface area contributed by atoms with Crippen LogP contribution in [0.15, 0.2) is 0 Å². The third-order valence-corrected chi connectivity index (χ3v) is 4.02. The third kappa shape index (κ3) is 1.89. The van der Waals surface area contributed by atoms with Crippen LogP contribution >= 0.6 is 0 Å². The zero-order valence-electron chi connectivity index (χ0n) is 8.87. The van der Waals surface area contributed by atoms with Gasteiger partial charge in [0.1, 0.15) is 0 Å². The van der Waals surface area contributed by atoms with Gasteiger partial charge in [-0.05, 0) is 31.1 Å². The van der Waals surface area contributed by atoms with Crippen molar-refractivity contribution in [1.29, 1.82) is 0 Å².